The van der Waals surface area contributed by atoms with Gasteiger partial charge in [0, 0.05) is 48.7 Å². The highest BCUT2D eigenvalue weighted by Gasteiger charge is 2.25. The van der Waals surface area contributed by atoms with Gasteiger partial charge >= 0.3 is 0 Å². The minimum atomic E-state index is -0.500. The van der Waals surface area contributed by atoms with Crippen LogP contribution in [0.5, 0.6) is 5.75 Å². The van der Waals surface area contributed by atoms with E-state index in [0.717, 1.165) is 86.6 Å². The largest absolute Gasteiger partial charge is 0.490 e. The number of aryl methyl sites for hydroxylation is 2. The molecule has 6 rings (SSSR count). The summed E-state index contributed by atoms with van der Waals surface area (Å²) in [7, 11) is 4.07. The fourth-order valence-corrected chi connectivity index (χ4v) is 6.04. The molecule has 0 spiro atoms. The van der Waals surface area contributed by atoms with Crippen molar-refractivity contribution in [3.05, 3.63) is 88.8 Å². The summed E-state index contributed by atoms with van der Waals surface area (Å²) in [6.07, 6.45) is 6.19. The molecule has 10 heteroatoms. The van der Waals surface area contributed by atoms with Gasteiger partial charge in [0.25, 0.3) is 6.47 Å². The first-order valence-corrected chi connectivity index (χ1v) is 16.1. The number of aromatic nitrogens is 4. The number of carboxylic acid groups (broad SMARTS) is 1. The minimum Gasteiger partial charge on any atom is -0.490 e. The molecule has 0 aliphatic carbocycles. The summed E-state index contributed by atoms with van der Waals surface area (Å²) in [5.41, 5.74) is 9.63. The van der Waals surface area contributed by atoms with Crippen LogP contribution in [0.2, 0.25) is 0 Å². The number of nitrogens with zero attached hydrogens (tertiary/aromatic N) is 5. The topological polar surface area (TPSA) is 114 Å². The van der Waals surface area contributed by atoms with Gasteiger partial charge in [-0.15, -0.1) is 0 Å². The maximum Gasteiger partial charge on any atom is 0.290 e. The maximum atomic E-state index is 15.4. The van der Waals surface area contributed by atoms with Crippen LogP contribution in [0.15, 0.2) is 54.9 Å². The minimum absolute atomic E-state index is 0.250. The van der Waals surface area contributed by atoms with Crippen molar-refractivity contribution in [2.75, 3.05) is 18.6 Å². The number of halogens is 1. The zero-order valence-corrected chi connectivity index (χ0v) is 29.1. The number of hydrogen-bond donors (Lipinski definition) is 2. The Labute approximate surface area is 282 Å². The van der Waals surface area contributed by atoms with Crippen LogP contribution in [-0.4, -0.2) is 55.5 Å². The van der Waals surface area contributed by atoms with Gasteiger partial charge in [0.15, 0.2) is 11.6 Å². The average Bonchev–Trinajstić information content (AvgIpc) is 3.37. The van der Waals surface area contributed by atoms with E-state index in [1.54, 1.807) is 33.0 Å². The molecule has 1 aliphatic heterocycles. The van der Waals surface area contributed by atoms with Gasteiger partial charge in [0.05, 0.1) is 30.1 Å². The Bertz CT molecular complexity index is 1880. The lowest BCUT2D eigenvalue weighted by Crippen LogP contribution is -2.18. The molecule has 0 amide bonds. The summed E-state index contributed by atoms with van der Waals surface area (Å²) >= 11 is 0. The second kappa shape index (κ2) is 15.4. The molecule has 2 N–H and O–H groups in total. The fraction of sp³-hybridized carbons (Fsp3) is 0.368. The Hall–Kier alpha value is -4.83. The van der Waals surface area contributed by atoms with Crippen LogP contribution in [0.1, 0.15) is 62.2 Å². The molecule has 9 nitrogen and oxygen atoms in total. The van der Waals surface area contributed by atoms with Crippen LogP contribution in [-0.2, 0) is 31.2 Å². The number of anilines is 1. The fourth-order valence-electron chi connectivity index (χ4n) is 6.04. The first-order chi connectivity index (χ1) is 22.8. The van der Waals surface area contributed by atoms with Gasteiger partial charge in [-0.05, 0) is 113 Å². The summed E-state index contributed by atoms with van der Waals surface area (Å²) in [6, 6.07) is 13.9. The van der Waals surface area contributed by atoms with Crippen molar-refractivity contribution in [2.45, 2.75) is 73.0 Å². The van der Waals surface area contributed by atoms with Crippen molar-refractivity contribution in [3.63, 3.8) is 0 Å². The molecule has 1 aromatic carbocycles. The number of pyridine rings is 3. The van der Waals surface area contributed by atoms with Crippen LogP contribution in [0, 0.1) is 19.7 Å². The van der Waals surface area contributed by atoms with Crippen molar-refractivity contribution < 1.29 is 24.1 Å². The van der Waals surface area contributed by atoms with Crippen LogP contribution in [0.25, 0.3) is 33.4 Å². The molecule has 4 aromatic heterocycles. The molecule has 0 saturated heterocycles. The van der Waals surface area contributed by atoms with Crippen LogP contribution in [0.4, 0.5) is 10.2 Å². The third kappa shape index (κ3) is 8.17. The van der Waals surface area contributed by atoms with Crippen molar-refractivity contribution in [1.29, 1.82) is 0 Å². The number of ether oxygens (including phenoxy) is 1. The lowest BCUT2D eigenvalue weighted by Gasteiger charge is -2.23. The van der Waals surface area contributed by atoms with Gasteiger partial charge in [0.2, 0.25) is 0 Å². The number of hydrogen-bond acceptors (Lipinski definition) is 7. The molecule has 48 heavy (non-hydrogen) atoms. The standard InChI is InChI=1S/C33H34FN5O.C4H10O.CH2O2/c1-6-24-21(3)37-33-27(31(24)26-17-28(34)32-25(20(26)2)10-9-15-40-32)18-29(39(33)5)22-12-14-35-23(16-22)19-38(4)30-11-7-8-13-36-30;1-4(2,3)5;2-1-3/h7-8,11-14,16-18H,6,9-10,15,19H2,1-5H3;5H,1-3H3;1H,(H,2,3). The summed E-state index contributed by atoms with van der Waals surface area (Å²) in [5, 5.41) is 16.4. The molecule has 5 heterocycles. The van der Waals surface area contributed by atoms with E-state index in [-0.39, 0.29) is 12.3 Å². The smallest absolute Gasteiger partial charge is 0.290 e. The van der Waals surface area contributed by atoms with E-state index in [1.807, 2.05) is 44.6 Å². The second-order valence-corrected chi connectivity index (χ2v) is 12.9. The average molecular weight is 656 g/mol. The molecular formula is C38H46FN5O4. The quantitative estimate of drug-likeness (QED) is 0.181. The van der Waals surface area contributed by atoms with Crippen molar-refractivity contribution in [2.24, 2.45) is 7.05 Å². The number of fused-ring (bicyclic) bond motifs is 2. The predicted molar refractivity (Wildman–Crippen MR) is 189 cm³/mol. The molecule has 0 fully saturated rings. The SMILES string of the molecule is CC(C)(C)O.CCc1c(C)nc2c(cc(-c3ccnc(CN(C)c4ccccn4)c3)n2C)c1-c1cc(F)c2c(c1C)CCCO2.O=CO. The van der Waals surface area contributed by atoms with E-state index in [2.05, 4.69) is 52.3 Å². The number of benzene rings is 1. The van der Waals surface area contributed by atoms with Gasteiger partial charge in [-0.1, -0.05) is 13.0 Å². The molecule has 1 aliphatic rings. The third-order valence-corrected chi connectivity index (χ3v) is 8.09. The number of carbonyl (C=O) groups is 1. The van der Waals surface area contributed by atoms with E-state index in [4.69, 9.17) is 24.7 Å². The van der Waals surface area contributed by atoms with E-state index in [9.17, 15) is 0 Å². The zero-order valence-electron chi connectivity index (χ0n) is 29.1. The lowest BCUT2D eigenvalue weighted by molar-refractivity contribution is -0.122. The zero-order chi connectivity index (χ0) is 35.2. The van der Waals surface area contributed by atoms with Crippen LogP contribution in [0.3, 0.4) is 0 Å². The first-order valence-electron chi connectivity index (χ1n) is 16.1. The van der Waals surface area contributed by atoms with E-state index in [0.29, 0.717) is 18.9 Å². The summed E-state index contributed by atoms with van der Waals surface area (Å²) < 4.78 is 23.3. The Morgan fingerprint density at radius 1 is 1.10 bits per heavy atom. The van der Waals surface area contributed by atoms with E-state index >= 15 is 4.39 Å². The molecular weight excluding hydrogens is 609 g/mol. The van der Waals surface area contributed by atoms with Crippen LogP contribution < -0.4 is 9.64 Å². The summed E-state index contributed by atoms with van der Waals surface area (Å²) in [6.45, 7) is 12.5. The lowest BCUT2D eigenvalue weighted by atomic mass is 9.87. The second-order valence-electron chi connectivity index (χ2n) is 12.9. The first kappa shape index (κ1) is 36.0. The van der Waals surface area contributed by atoms with Crippen LogP contribution >= 0.6 is 0 Å². The van der Waals surface area contributed by atoms with Crippen molar-refractivity contribution >= 4 is 23.3 Å². The van der Waals surface area contributed by atoms with Gasteiger partial charge in [-0.2, -0.15) is 0 Å². The molecule has 0 atom stereocenters. The molecule has 0 saturated carbocycles. The molecule has 0 radical (unpaired) electrons. The molecule has 254 valence electrons. The third-order valence-electron chi connectivity index (χ3n) is 8.09. The van der Waals surface area contributed by atoms with Gasteiger partial charge in [-0.25, -0.2) is 14.4 Å². The highest BCUT2D eigenvalue weighted by molar-refractivity contribution is 6.00. The summed E-state index contributed by atoms with van der Waals surface area (Å²) in [5.74, 6) is 1.03. The monoisotopic (exact) mass is 655 g/mol. The van der Waals surface area contributed by atoms with Gasteiger partial charge in [0.1, 0.15) is 11.5 Å². The molecule has 0 unspecified atom stereocenters. The highest BCUT2D eigenvalue weighted by Crippen LogP contribution is 2.43. The molecule has 0 bridgehead atoms. The van der Waals surface area contributed by atoms with Crippen molar-refractivity contribution in [1.82, 2.24) is 19.5 Å². The van der Waals surface area contributed by atoms with Gasteiger partial charge < -0.3 is 24.4 Å². The molecule has 5 aromatic rings. The normalized spacial score (nSPS) is 12.2. The Kier molecular flexibility index (Phi) is 11.5. The highest BCUT2D eigenvalue weighted by atomic mass is 19.1. The Balaban J connectivity index is 0.000000588. The summed E-state index contributed by atoms with van der Waals surface area (Å²) in [4.78, 5) is 24.6. The predicted octanol–water partition coefficient (Wildman–Crippen LogP) is 7.46. The van der Waals surface area contributed by atoms with Gasteiger partial charge in [-0.3, -0.25) is 9.78 Å². The Morgan fingerprint density at radius 3 is 2.46 bits per heavy atom. The van der Waals surface area contributed by atoms with E-state index in [1.165, 1.54) is 0 Å². The maximum absolute atomic E-state index is 15.4. The Morgan fingerprint density at radius 2 is 1.81 bits per heavy atom. The number of rotatable bonds is 6. The van der Waals surface area contributed by atoms with E-state index < -0.39 is 5.60 Å². The number of aliphatic hydroxyl groups is 1. The van der Waals surface area contributed by atoms with Crippen molar-refractivity contribution in [3.8, 4) is 28.1 Å².